The highest BCUT2D eigenvalue weighted by atomic mass is 35.5. The summed E-state index contributed by atoms with van der Waals surface area (Å²) in [5.41, 5.74) is 0.0670. The number of hydrogen-bond donors (Lipinski definition) is 1. The second-order valence-electron chi connectivity index (χ2n) is 9.60. The maximum Gasteiger partial charge on any atom is 0.271 e. The molecule has 10 nitrogen and oxygen atoms in total. The first kappa shape index (κ1) is 32.8. The maximum absolute atomic E-state index is 14.1. The van der Waals surface area contributed by atoms with Gasteiger partial charge in [-0.1, -0.05) is 67.4 Å². The molecule has 0 aliphatic heterocycles. The van der Waals surface area contributed by atoms with E-state index in [9.17, 15) is 28.1 Å². The topological polar surface area (TPSA) is 130 Å². The predicted octanol–water partition coefficient (Wildman–Crippen LogP) is 5.82. The van der Waals surface area contributed by atoms with Crippen molar-refractivity contribution in [2.24, 2.45) is 0 Å². The van der Waals surface area contributed by atoms with Gasteiger partial charge in [-0.3, -0.25) is 24.0 Å². The first-order valence-electron chi connectivity index (χ1n) is 13.2. The number of halogens is 2. The van der Waals surface area contributed by atoms with Crippen LogP contribution in [-0.4, -0.2) is 48.7 Å². The van der Waals surface area contributed by atoms with Crippen LogP contribution in [-0.2, 0) is 26.2 Å². The predicted molar refractivity (Wildman–Crippen MR) is 163 cm³/mol. The molecule has 0 unspecified atom stereocenters. The summed E-state index contributed by atoms with van der Waals surface area (Å²) in [5.74, 6) is -1.11. The van der Waals surface area contributed by atoms with E-state index in [1.165, 1.54) is 53.4 Å². The van der Waals surface area contributed by atoms with Crippen LogP contribution in [0.1, 0.15) is 39.2 Å². The first-order chi connectivity index (χ1) is 19.9. The summed E-state index contributed by atoms with van der Waals surface area (Å²) in [4.78, 5) is 39.5. The summed E-state index contributed by atoms with van der Waals surface area (Å²) in [6.07, 6.45) is 0.885. The third-order valence-electron chi connectivity index (χ3n) is 6.68. The Balaban J connectivity index is 2.11. The number of sulfonamides is 1. The highest BCUT2D eigenvalue weighted by molar-refractivity contribution is 7.92. The van der Waals surface area contributed by atoms with Crippen LogP contribution in [0.3, 0.4) is 0 Å². The molecule has 3 rings (SSSR count). The molecular formula is C29H32Cl2N4O6S. The van der Waals surface area contributed by atoms with Gasteiger partial charge in [0.25, 0.3) is 15.7 Å². The lowest BCUT2D eigenvalue weighted by molar-refractivity contribution is -0.384. The summed E-state index contributed by atoms with van der Waals surface area (Å²) in [7, 11) is -4.37. The average Bonchev–Trinajstić information content (AvgIpc) is 2.97. The molecule has 0 aromatic heterocycles. The fraction of sp³-hybridized carbons (Fsp3) is 0.310. The molecule has 0 bridgehead atoms. The normalized spacial score (nSPS) is 12.7. The van der Waals surface area contributed by atoms with Gasteiger partial charge in [0.2, 0.25) is 11.8 Å². The summed E-state index contributed by atoms with van der Waals surface area (Å²) < 4.78 is 28.5. The second-order valence-corrected chi connectivity index (χ2v) is 12.3. The van der Waals surface area contributed by atoms with Crippen molar-refractivity contribution in [2.75, 3.05) is 10.8 Å². The van der Waals surface area contributed by atoms with E-state index in [4.69, 9.17) is 23.2 Å². The van der Waals surface area contributed by atoms with Crippen molar-refractivity contribution in [1.29, 1.82) is 0 Å². The Morgan fingerprint density at radius 1 is 0.976 bits per heavy atom. The number of carbonyl (C=O) groups excluding carboxylic acids is 2. The Bertz CT molecular complexity index is 1540. The molecule has 0 spiro atoms. The van der Waals surface area contributed by atoms with Gasteiger partial charge < -0.3 is 10.2 Å². The zero-order valence-electron chi connectivity index (χ0n) is 23.4. The number of carbonyl (C=O) groups is 2. The molecule has 0 saturated carbocycles. The van der Waals surface area contributed by atoms with Crippen LogP contribution in [0.4, 0.5) is 11.4 Å². The van der Waals surface area contributed by atoms with E-state index in [1.807, 2.05) is 13.8 Å². The summed E-state index contributed by atoms with van der Waals surface area (Å²) in [6, 6.07) is 16.0. The van der Waals surface area contributed by atoms with Crippen molar-refractivity contribution < 1.29 is 22.9 Å². The fourth-order valence-corrected chi connectivity index (χ4v) is 6.10. The van der Waals surface area contributed by atoms with Gasteiger partial charge >= 0.3 is 0 Å². The lowest BCUT2D eigenvalue weighted by atomic mass is 10.1. The van der Waals surface area contributed by atoms with Gasteiger partial charge in [-0.15, -0.1) is 0 Å². The molecule has 3 aromatic carbocycles. The molecular weight excluding hydrogens is 603 g/mol. The van der Waals surface area contributed by atoms with E-state index < -0.39 is 39.3 Å². The first-order valence-corrected chi connectivity index (χ1v) is 15.4. The smallest absolute Gasteiger partial charge is 0.271 e. The van der Waals surface area contributed by atoms with Crippen LogP contribution in [0.25, 0.3) is 0 Å². The SMILES string of the molecule is CC[C@H](C)NC(=O)[C@H](CC)N(Cc1ccc(Cl)cc1Cl)C(=O)CN(c1cccc([N+](=O)[O-])c1)S(=O)(=O)c1ccccc1. The number of amides is 2. The number of benzene rings is 3. The molecule has 3 aromatic rings. The van der Waals surface area contributed by atoms with Crippen molar-refractivity contribution in [3.63, 3.8) is 0 Å². The van der Waals surface area contributed by atoms with Crippen LogP contribution in [0.5, 0.6) is 0 Å². The number of hydrogen-bond acceptors (Lipinski definition) is 6. The summed E-state index contributed by atoms with van der Waals surface area (Å²) in [5, 5.41) is 15.0. The maximum atomic E-state index is 14.1. The molecule has 0 aliphatic carbocycles. The van der Waals surface area contributed by atoms with E-state index >= 15 is 0 Å². The minimum absolute atomic E-state index is 0.0806. The Morgan fingerprint density at radius 2 is 1.67 bits per heavy atom. The van der Waals surface area contributed by atoms with Gasteiger partial charge in [0.05, 0.1) is 15.5 Å². The zero-order chi connectivity index (χ0) is 31.0. The number of nitrogens with one attached hydrogen (secondary N) is 1. The van der Waals surface area contributed by atoms with Crippen LogP contribution in [0.15, 0.2) is 77.7 Å². The molecule has 42 heavy (non-hydrogen) atoms. The minimum atomic E-state index is -4.37. The van der Waals surface area contributed by atoms with Gasteiger partial charge in [-0.2, -0.15) is 0 Å². The Labute approximate surface area is 255 Å². The number of rotatable bonds is 13. The monoisotopic (exact) mass is 634 g/mol. The van der Waals surface area contributed by atoms with Crippen molar-refractivity contribution in [3.8, 4) is 0 Å². The molecule has 0 aliphatic rings. The Kier molecular flexibility index (Phi) is 11.3. The van der Waals surface area contributed by atoms with Gasteiger partial charge in [-0.05, 0) is 55.7 Å². The van der Waals surface area contributed by atoms with Gasteiger partial charge in [0.15, 0.2) is 0 Å². The number of nitro benzene ring substituents is 1. The largest absolute Gasteiger partial charge is 0.352 e. The van der Waals surface area contributed by atoms with Gasteiger partial charge in [-0.25, -0.2) is 8.42 Å². The molecule has 0 heterocycles. The van der Waals surface area contributed by atoms with Crippen molar-refractivity contribution in [2.45, 2.75) is 57.1 Å². The second kappa shape index (κ2) is 14.5. The van der Waals surface area contributed by atoms with Crippen LogP contribution in [0, 0.1) is 10.1 Å². The molecule has 13 heteroatoms. The van der Waals surface area contributed by atoms with Crippen LogP contribution >= 0.6 is 23.2 Å². The Morgan fingerprint density at radius 3 is 2.26 bits per heavy atom. The minimum Gasteiger partial charge on any atom is -0.352 e. The molecule has 1 N–H and O–H groups in total. The number of non-ortho nitro benzene ring substituents is 1. The zero-order valence-corrected chi connectivity index (χ0v) is 25.7. The number of anilines is 1. The van der Waals surface area contributed by atoms with E-state index in [1.54, 1.807) is 25.1 Å². The number of nitro groups is 1. The molecule has 2 amide bonds. The van der Waals surface area contributed by atoms with Crippen LogP contribution < -0.4 is 9.62 Å². The van der Waals surface area contributed by atoms with Gasteiger partial charge in [0, 0.05) is 34.8 Å². The number of nitrogens with zero attached hydrogens (tertiary/aromatic N) is 3. The average molecular weight is 636 g/mol. The molecule has 0 radical (unpaired) electrons. The summed E-state index contributed by atoms with van der Waals surface area (Å²) in [6.45, 7) is 4.63. The Hall–Kier alpha value is -3.67. The molecule has 224 valence electrons. The standard InChI is InChI=1S/C29H32Cl2N4O6S/c1-4-20(3)32-29(37)27(5-2)33(18-21-14-15-22(30)16-26(21)31)28(36)19-34(23-10-9-11-24(17-23)35(38)39)42(40,41)25-12-7-6-8-13-25/h6-17,20,27H,4-5,18-19H2,1-3H3,(H,32,37)/t20-,27-/m0/s1. The van der Waals surface area contributed by atoms with E-state index in [0.29, 0.717) is 17.0 Å². The van der Waals surface area contributed by atoms with Crippen LogP contribution in [0.2, 0.25) is 10.0 Å². The lowest BCUT2D eigenvalue weighted by Crippen LogP contribution is -2.53. The van der Waals surface area contributed by atoms with Crippen molar-refractivity contribution >= 4 is 56.4 Å². The third-order valence-corrected chi connectivity index (χ3v) is 9.06. The van der Waals surface area contributed by atoms with Crippen molar-refractivity contribution in [1.82, 2.24) is 10.2 Å². The quantitative estimate of drug-likeness (QED) is 0.186. The summed E-state index contributed by atoms with van der Waals surface area (Å²) >= 11 is 12.5. The lowest BCUT2D eigenvalue weighted by Gasteiger charge is -2.34. The molecule has 0 saturated heterocycles. The molecule has 0 fully saturated rings. The third kappa shape index (κ3) is 7.99. The van der Waals surface area contributed by atoms with E-state index in [-0.39, 0.29) is 40.3 Å². The molecule has 2 atom stereocenters. The van der Waals surface area contributed by atoms with Crippen molar-refractivity contribution in [3.05, 3.63) is 98.5 Å². The van der Waals surface area contributed by atoms with E-state index in [2.05, 4.69) is 5.32 Å². The highest BCUT2D eigenvalue weighted by Gasteiger charge is 2.34. The van der Waals surface area contributed by atoms with E-state index in [0.717, 1.165) is 10.4 Å². The van der Waals surface area contributed by atoms with Gasteiger partial charge in [0.1, 0.15) is 12.6 Å². The fourth-order valence-electron chi connectivity index (χ4n) is 4.20. The highest BCUT2D eigenvalue weighted by Crippen LogP contribution is 2.29.